The third kappa shape index (κ3) is 6.46. The van der Waals surface area contributed by atoms with Gasteiger partial charge in [0, 0.05) is 25.3 Å². The van der Waals surface area contributed by atoms with Crippen molar-refractivity contribution in [3.63, 3.8) is 0 Å². The van der Waals surface area contributed by atoms with Gasteiger partial charge in [0.1, 0.15) is 6.04 Å². The SMILES string of the molecule is COCCCC(NC(=O)NCc1ccccc1Cl)C(=O)O. The minimum atomic E-state index is -1.07. The van der Waals surface area contributed by atoms with Crippen molar-refractivity contribution >= 4 is 23.6 Å². The Morgan fingerprint density at radius 1 is 1.38 bits per heavy atom. The van der Waals surface area contributed by atoms with Gasteiger partial charge in [-0.1, -0.05) is 29.8 Å². The highest BCUT2D eigenvalue weighted by Crippen LogP contribution is 2.14. The highest BCUT2D eigenvalue weighted by Gasteiger charge is 2.19. The van der Waals surface area contributed by atoms with Gasteiger partial charge in [0.25, 0.3) is 0 Å². The largest absolute Gasteiger partial charge is 0.480 e. The van der Waals surface area contributed by atoms with E-state index in [-0.39, 0.29) is 6.54 Å². The summed E-state index contributed by atoms with van der Waals surface area (Å²) in [5, 5.41) is 14.6. The highest BCUT2D eigenvalue weighted by atomic mass is 35.5. The molecule has 0 spiro atoms. The number of halogens is 1. The Balaban J connectivity index is 2.43. The number of amides is 2. The van der Waals surface area contributed by atoms with E-state index in [4.69, 9.17) is 21.4 Å². The van der Waals surface area contributed by atoms with Crippen LogP contribution in [0.15, 0.2) is 24.3 Å². The molecule has 0 bridgehead atoms. The van der Waals surface area contributed by atoms with Gasteiger partial charge < -0.3 is 20.5 Å². The van der Waals surface area contributed by atoms with Crippen molar-refractivity contribution in [2.45, 2.75) is 25.4 Å². The fourth-order valence-electron chi connectivity index (χ4n) is 1.72. The van der Waals surface area contributed by atoms with E-state index < -0.39 is 18.0 Å². The van der Waals surface area contributed by atoms with E-state index in [9.17, 15) is 9.59 Å². The Morgan fingerprint density at radius 3 is 2.71 bits per heavy atom. The summed E-state index contributed by atoms with van der Waals surface area (Å²) in [6.07, 6.45) is 0.862. The molecule has 0 heterocycles. The second-order valence-electron chi connectivity index (χ2n) is 4.44. The molecule has 0 aliphatic heterocycles. The van der Waals surface area contributed by atoms with Gasteiger partial charge in [-0.05, 0) is 24.5 Å². The number of hydrogen-bond donors (Lipinski definition) is 3. The van der Waals surface area contributed by atoms with Gasteiger partial charge in [-0.25, -0.2) is 9.59 Å². The van der Waals surface area contributed by atoms with Crippen LogP contribution < -0.4 is 10.6 Å². The first-order chi connectivity index (χ1) is 10.0. The maximum absolute atomic E-state index is 11.7. The van der Waals surface area contributed by atoms with Gasteiger partial charge in [0.2, 0.25) is 0 Å². The maximum Gasteiger partial charge on any atom is 0.326 e. The third-order valence-electron chi connectivity index (χ3n) is 2.84. The van der Waals surface area contributed by atoms with Crippen LogP contribution in [0.2, 0.25) is 5.02 Å². The van der Waals surface area contributed by atoms with Crippen molar-refractivity contribution in [2.75, 3.05) is 13.7 Å². The first-order valence-electron chi connectivity index (χ1n) is 6.54. The van der Waals surface area contributed by atoms with Crippen molar-refractivity contribution in [3.05, 3.63) is 34.9 Å². The fourth-order valence-corrected chi connectivity index (χ4v) is 1.92. The maximum atomic E-state index is 11.7. The summed E-state index contributed by atoms with van der Waals surface area (Å²) in [6, 6.07) is 5.64. The van der Waals surface area contributed by atoms with Crippen molar-refractivity contribution in [3.8, 4) is 0 Å². The number of nitrogens with one attached hydrogen (secondary N) is 2. The molecule has 0 aliphatic rings. The molecule has 1 aromatic carbocycles. The summed E-state index contributed by atoms with van der Waals surface area (Å²) in [5.74, 6) is -1.07. The lowest BCUT2D eigenvalue weighted by Gasteiger charge is -2.15. The number of carbonyl (C=O) groups is 2. The van der Waals surface area contributed by atoms with E-state index in [1.807, 2.05) is 6.07 Å². The van der Waals surface area contributed by atoms with Crippen LogP contribution in [0.4, 0.5) is 4.79 Å². The Hall–Kier alpha value is -1.79. The summed E-state index contributed by atoms with van der Waals surface area (Å²) in [6.45, 7) is 0.683. The number of methoxy groups -OCH3 is 1. The number of benzene rings is 1. The Morgan fingerprint density at radius 2 is 2.10 bits per heavy atom. The van der Waals surface area contributed by atoms with Gasteiger partial charge in [-0.3, -0.25) is 0 Å². The lowest BCUT2D eigenvalue weighted by atomic mass is 10.1. The zero-order chi connectivity index (χ0) is 15.7. The lowest BCUT2D eigenvalue weighted by Crippen LogP contribution is -2.45. The summed E-state index contributed by atoms with van der Waals surface area (Å²) in [5.41, 5.74) is 0.764. The Bertz CT molecular complexity index is 482. The number of rotatable bonds is 8. The molecule has 0 saturated carbocycles. The molecule has 0 fully saturated rings. The molecule has 0 radical (unpaired) electrons. The second kappa shape index (κ2) is 9.20. The topological polar surface area (TPSA) is 87.7 Å². The average Bonchev–Trinajstić information content (AvgIpc) is 2.45. The number of carboxylic acid groups (broad SMARTS) is 1. The van der Waals surface area contributed by atoms with E-state index in [0.717, 1.165) is 5.56 Å². The fraction of sp³-hybridized carbons (Fsp3) is 0.429. The number of aliphatic carboxylic acids is 1. The monoisotopic (exact) mass is 314 g/mol. The summed E-state index contributed by atoms with van der Waals surface area (Å²) < 4.78 is 4.86. The molecule has 0 aliphatic carbocycles. The first kappa shape index (κ1) is 17.3. The van der Waals surface area contributed by atoms with Crippen LogP contribution in [0.1, 0.15) is 18.4 Å². The van der Waals surface area contributed by atoms with Crippen molar-refractivity contribution < 1.29 is 19.4 Å². The first-order valence-corrected chi connectivity index (χ1v) is 6.92. The molecule has 116 valence electrons. The highest BCUT2D eigenvalue weighted by molar-refractivity contribution is 6.31. The average molecular weight is 315 g/mol. The zero-order valence-electron chi connectivity index (χ0n) is 11.8. The van der Waals surface area contributed by atoms with Crippen molar-refractivity contribution in [1.29, 1.82) is 0 Å². The number of carbonyl (C=O) groups excluding carboxylic acids is 1. The lowest BCUT2D eigenvalue weighted by molar-refractivity contribution is -0.139. The smallest absolute Gasteiger partial charge is 0.326 e. The summed E-state index contributed by atoms with van der Waals surface area (Å²) >= 11 is 5.97. The quantitative estimate of drug-likeness (QED) is 0.641. The van der Waals surface area contributed by atoms with Crippen molar-refractivity contribution in [2.24, 2.45) is 0 Å². The molecule has 1 unspecified atom stereocenters. The molecule has 2 amide bonds. The van der Waals surface area contributed by atoms with Crippen LogP contribution in [0.3, 0.4) is 0 Å². The third-order valence-corrected chi connectivity index (χ3v) is 3.21. The number of carboxylic acids is 1. The number of ether oxygens (including phenoxy) is 1. The van der Waals surface area contributed by atoms with Gasteiger partial charge in [0.05, 0.1) is 0 Å². The molecule has 21 heavy (non-hydrogen) atoms. The Labute approximate surface area is 128 Å². The van der Waals surface area contributed by atoms with Crippen LogP contribution in [0, 0.1) is 0 Å². The zero-order valence-corrected chi connectivity index (χ0v) is 12.5. The number of urea groups is 1. The molecule has 7 heteroatoms. The molecule has 1 rings (SSSR count). The Kier molecular flexibility index (Phi) is 7.56. The van der Waals surface area contributed by atoms with Gasteiger partial charge in [0.15, 0.2) is 0 Å². The van der Waals surface area contributed by atoms with Crippen LogP contribution in [-0.4, -0.2) is 36.9 Å². The normalized spacial score (nSPS) is 11.7. The van der Waals surface area contributed by atoms with Crippen LogP contribution >= 0.6 is 11.6 Å². The summed E-state index contributed by atoms with van der Waals surface area (Å²) in [7, 11) is 1.54. The van der Waals surface area contributed by atoms with Crippen molar-refractivity contribution in [1.82, 2.24) is 10.6 Å². The standard InChI is InChI=1S/C14H19ClN2O4/c1-21-8-4-7-12(13(18)19)17-14(20)16-9-10-5-2-3-6-11(10)15/h2-3,5-6,12H,4,7-9H2,1H3,(H,18,19)(H2,16,17,20). The minimum Gasteiger partial charge on any atom is -0.480 e. The molecule has 1 atom stereocenters. The van der Waals surface area contributed by atoms with Gasteiger partial charge >= 0.3 is 12.0 Å². The molecular formula is C14H19ClN2O4. The molecule has 1 aromatic rings. The van der Waals surface area contributed by atoms with E-state index in [1.165, 1.54) is 0 Å². The van der Waals surface area contributed by atoms with Crippen LogP contribution in [-0.2, 0) is 16.1 Å². The molecule has 0 aromatic heterocycles. The van der Waals surface area contributed by atoms with E-state index >= 15 is 0 Å². The van der Waals surface area contributed by atoms with Gasteiger partial charge in [-0.15, -0.1) is 0 Å². The van der Waals surface area contributed by atoms with E-state index in [2.05, 4.69) is 10.6 Å². The van der Waals surface area contributed by atoms with E-state index in [0.29, 0.717) is 24.5 Å². The number of hydrogen-bond acceptors (Lipinski definition) is 3. The van der Waals surface area contributed by atoms with Crippen LogP contribution in [0.5, 0.6) is 0 Å². The predicted molar refractivity (Wildman–Crippen MR) is 79.4 cm³/mol. The molecule has 3 N–H and O–H groups in total. The predicted octanol–water partition coefficient (Wildman–Crippen LogP) is 2.02. The molecule has 0 saturated heterocycles. The van der Waals surface area contributed by atoms with E-state index in [1.54, 1.807) is 25.3 Å². The molecule has 6 nitrogen and oxygen atoms in total. The minimum absolute atomic E-state index is 0.232. The summed E-state index contributed by atoms with van der Waals surface area (Å²) in [4.78, 5) is 22.8. The molecular weight excluding hydrogens is 296 g/mol. The second-order valence-corrected chi connectivity index (χ2v) is 4.85. The van der Waals surface area contributed by atoms with Gasteiger partial charge in [-0.2, -0.15) is 0 Å². The van der Waals surface area contributed by atoms with Crippen LogP contribution in [0.25, 0.3) is 0 Å².